The van der Waals surface area contributed by atoms with Gasteiger partial charge in [-0.15, -0.1) is 0 Å². The van der Waals surface area contributed by atoms with E-state index in [2.05, 4.69) is 12.2 Å². The molecule has 1 aromatic rings. The number of nitrogens with one attached hydrogen (secondary N) is 1. The van der Waals surface area contributed by atoms with Crippen LogP contribution < -0.4 is 5.32 Å². The molecule has 1 fully saturated rings. The molecule has 1 aliphatic rings. The molecule has 110 valence electrons. The highest BCUT2D eigenvalue weighted by Gasteiger charge is 2.29. The van der Waals surface area contributed by atoms with Crippen LogP contribution in [0, 0.1) is 6.92 Å². The molecule has 20 heavy (non-hydrogen) atoms. The molecule has 0 spiro atoms. The van der Waals surface area contributed by atoms with Crippen molar-refractivity contribution in [3.8, 4) is 0 Å². The smallest absolute Gasteiger partial charge is 0.256 e. The summed E-state index contributed by atoms with van der Waals surface area (Å²) in [6, 6.07) is 5.85. The second kappa shape index (κ2) is 6.75. The van der Waals surface area contributed by atoms with Gasteiger partial charge in [-0.3, -0.25) is 4.79 Å². The SMILES string of the molecule is CCCNc1cc(C)ccc1C(=O)N1CCCC1CO. The van der Waals surface area contributed by atoms with E-state index >= 15 is 0 Å². The summed E-state index contributed by atoms with van der Waals surface area (Å²) in [4.78, 5) is 14.5. The predicted octanol–water partition coefficient (Wildman–Crippen LogP) is 2.41. The van der Waals surface area contributed by atoms with Gasteiger partial charge in [-0.2, -0.15) is 0 Å². The molecule has 1 aromatic carbocycles. The van der Waals surface area contributed by atoms with Crippen molar-refractivity contribution in [1.82, 2.24) is 4.90 Å². The zero-order valence-corrected chi connectivity index (χ0v) is 12.4. The molecule has 1 unspecified atom stereocenters. The number of aliphatic hydroxyl groups excluding tert-OH is 1. The van der Waals surface area contributed by atoms with E-state index in [-0.39, 0.29) is 18.6 Å². The molecule has 1 amide bonds. The first-order valence-electron chi connectivity index (χ1n) is 7.43. The van der Waals surface area contributed by atoms with E-state index in [0.717, 1.165) is 43.6 Å². The first-order chi connectivity index (χ1) is 9.67. The summed E-state index contributed by atoms with van der Waals surface area (Å²) in [6.45, 7) is 5.78. The van der Waals surface area contributed by atoms with Gasteiger partial charge in [0.1, 0.15) is 0 Å². The topological polar surface area (TPSA) is 52.6 Å². The van der Waals surface area contributed by atoms with Gasteiger partial charge < -0.3 is 15.3 Å². The third-order valence-corrected chi connectivity index (χ3v) is 3.82. The average Bonchev–Trinajstić information content (AvgIpc) is 2.93. The molecule has 0 saturated carbocycles. The maximum atomic E-state index is 12.7. The van der Waals surface area contributed by atoms with Crippen LogP contribution in [0.15, 0.2) is 18.2 Å². The number of hydrogen-bond acceptors (Lipinski definition) is 3. The van der Waals surface area contributed by atoms with Gasteiger partial charge in [0.2, 0.25) is 0 Å². The van der Waals surface area contributed by atoms with E-state index in [1.54, 1.807) is 0 Å². The number of nitrogens with zero attached hydrogens (tertiary/aromatic N) is 1. The molecular weight excluding hydrogens is 252 g/mol. The fraction of sp³-hybridized carbons (Fsp3) is 0.562. The summed E-state index contributed by atoms with van der Waals surface area (Å²) in [5.74, 6) is 0.0279. The minimum absolute atomic E-state index is 0.0252. The van der Waals surface area contributed by atoms with E-state index in [1.165, 1.54) is 0 Å². The quantitative estimate of drug-likeness (QED) is 0.868. The number of anilines is 1. The van der Waals surface area contributed by atoms with Crippen molar-refractivity contribution in [1.29, 1.82) is 0 Å². The van der Waals surface area contributed by atoms with Gasteiger partial charge >= 0.3 is 0 Å². The minimum atomic E-state index is -0.0252. The number of carbonyl (C=O) groups excluding carboxylic acids is 1. The van der Waals surface area contributed by atoms with Crippen LogP contribution in [0.1, 0.15) is 42.1 Å². The molecule has 1 atom stereocenters. The number of amides is 1. The van der Waals surface area contributed by atoms with Gasteiger partial charge in [0.25, 0.3) is 5.91 Å². The maximum Gasteiger partial charge on any atom is 0.256 e. The third kappa shape index (κ3) is 3.12. The van der Waals surface area contributed by atoms with Gasteiger partial charge in [0.15, 0.2) is 0 Å². The summed E-state index contributed by atoms with van der Waals surface area (Å²) < 4.78 is 0. The molecule has 4 nitrogen and oxygen atoms in total. The molecule has 4 heteroatoms. The summed E-state index contributed by atoms with van der Waals surface area (Å²) >= 11 is 0. The number of aliphatic hydroxyl groups is 1. The normalized spacial score (nSPS) is 18.4. The van der Waals surface area contributed by atoms with E-state index in [9.17, 15) is 9.90 Å². The standard InChI is InChI=1S/C16H24N2O2/c1-3-8-17-15-10-12(2)6-7-14(15)16(20)18-9-4-5-13(18)11-19/h6-7,10,13,17,19H,3-5,8-9,11H2,1-2H3. The first kappa shape index (κ1) is 14.9. The Labute approximate surface area is 120 Å². The number of hydrogen-bond donors (Lipinski definition) is 2. The van der Waals surface area contributed by atoms with Crippen LogP contribution in [0.3, 0.4) is 0 Å². The largest absolute Gasteiger partial charge is 0.394 e. The Morgan fingerprint density at radius 1 is 1.50 bits per heavy atom. The Hall–Kier alpha value is -1.55. The van der Waals surface area contributed by atoms with Crippen molar-refractivity contribution in [3.63, 3.8) is 0 Å². The zero-order chi connectivity index (χ0) is 14.5. The Bertz CT molecular complexity index is 474. The van der Waals surface area contributed by atoms with Crippen molar-refractivity contribution in [2.75, 3.05) is 25.0 Å². The first-order valence-corrected chi connectivity index (χ1v) is 7.43. The molecular formula is C16H24N2O2. The monoisotopic (exact) mass is 276 g/mol. The fourth-order valence-electron chi connectivity index (χ4n) is 2.70. The Morgan fingerprint density at radius 2 is 2.30 bits per heavy atom. The van der Waals surface area contributed by atoms with E-state index in [0.29, 0.717) is 5.56 Å². The zero-order valence-electron chi connectivity index (χ0n) is 12.4. The molecule has 1 aliphatic heterocycles. The molecule has 0 radical (unpaired) electrons. The number of rotatable bonds is 5. The summed E-state index contributed by atoms with van der Waals surface area (Å²) in [5, 5.41) is 12.7. The Morgan fingerprint density at radius 3 is 3.00 bits per heavy atom. The molecule has 0 aromatic heterocycles. The van der Waals surface area contributed by atoms with Crippen molar-refractivity contribution >= 4 is 11.6 Å². The average molecular weight is 276 g/mol. The van der Waals surface area contributed by atoms with Crippen molar-refractivity contribution in [2.45, 2.75) is 39.2 Å². The van der Waals surface area contributed by atoms with E-state index < -0.39 is 0 Å². The van der Waals surface area contributed by atoms with E-state index in [1.807, 2.05) is 30.0 Å². The highest BCUT2D eigenvalue weighted by molar-refractivity contribution is 6.00. The van der Waals surface area contributed by atoms with Gasteiger partial charge in [-0.05, 0) is 43.9 Å². The summed E-state index contributed by atoms with van der Waals surface area (Å²) in [7, 11) is 0. The molecule has 1 saturated heterocycles. The lowest BCUT2D eigenvalue weighted by Crippen LogP contribution is -2.38. The second-order valence-electron chi connectivity index (χ2n) is 5.45. The van der Waals surface area contributed by atoms with Crippen LogP contribution in [-0.2, 0) is 0 Å². The highest BCUT2D eigenvalue weighted by atomic mass is 16.3. The number of aryl methyl sites for hydroxylation is 1. The third-order valence-electron chi connectivity index (χ3n) is 3.82. The van der Waals surface area contributed by atoms with Gasteiger partial charge in [-0.1, -0.05) is 13.0 Å². The van der Waals surface area contributed by atoms with Gasteiger partial charge in [0, 0.05) is 18.8 Å². The van der Waals surface area contributed by atoms with Crippen LogP contribution in [0.25, 0.3) is 0 Å². The van der Waals surface area contributed by atoms with Crippen molar-refractivity contribution < 1.29 is 9.90 Å². The second-order valence-corrected chi connectivity index (χ2v) is 5.45. The summed E-state index contributed by atoms with van der Waals surface area (Å²) in [5.41, 5.74) is 2.75. The summed E-state index contributed by atoms with van der Waals surface area (Å²) in [6.07, 6.45) is 2.89. The lowest BCUT2D eigenvalue weighted by Gasteiger charge is -2.24. The maximum absolute atomic E-state index is 12.7. The molecule has 2 rings (SSSR count). The lowest BCUT2D eigenvalue weighted by molar-refractivity contribution is 0.0678. The molecule has 1 heterocycles. The van der Waals surface area contributed by atoms with Gasteiger partial charge in [0.05, 0.1) is 18.2 Å². The number of benzene rings is 1. The lowest BCUT2D eigenvalue weighted by atomic mass is 10.1. The van der Waals surface area contributed by atoms with Gasteiger partial charge in [-0.25, -0.2) is 0 Å². The molecule has 2 N–H and O–H groups in total. The van der Waals surface area contributed by atoms with Crippen LogP contribution >= 0.6 is 0 Å². The fourth-order valence-corrected chi connectivity index (χ4v) is 2.70. The molecule has 0 aliphatic carbocycles. The minimum Gasteiger partial charge on any atom is -0.394 e. The van der Waals surface area contributed by atoms with Crippen molar-refractivity contribution in [3.05, 3.63) is 29.3 Å². The number of carbonyl (C=O) groups is 1. The van der Waals surface area contributed by atoms with Crippen LogP contribution in [0.2, 0.25) is 0 Å². The van der Waals surface area contributed by atoms with Crippen LogP contribution in [-0.4, -0.2) is 41.7 Å². The van der Waals surface area contributed by atoms with Crippen LogP contribution in [0.5, 0.6) is 0 Å². The van der Waals surface area contributed by atoms with Crippen LogP contribution in [0.4, 0.5) is 5.69 Å². The Balaban J connectivity index is 2.24. The molecule has 0 bridgehead atoms. The Kier molecular flexibility index (Phi) is 5.01. The van der Waals surface area contributed by atoms with E-state index in [4.69, 9.17) is 0 Å². The highest BCUT2D eigenvalue weighted by Crippen LogP contribution is 2.24. The number of likely N-dealkylation sites (tertiary alicyclic amines) is 1. The predicted molar refractivity (Wildman–Crippen MR) is 81.1 cm³/mol. The van der Waals surface area contributed by atoms with Crippen molar-refractivity contribution in [2.24, 2.45) is 0 Å².